The number of hydrogen-bond acceptors (Lipinski definition) is 15. The second-order valence-corrected chi connectivity index (χ2v) is 25.9. The molecule has 2 aliphatic rings. The van der Waals surface area contributed by atoms with Gasteiger partial charge in [0.2, 0.25) is 0 Å². The fourth-order valence-corrected chi connectivity index (χ4v) is 15.2. The Bertz CT molecular complexity index is 2740. The van der Waals surface area contributed by atoms with Gasteiger partial charge in [-0.25, -0.2) is 14.4 Å². The number of benzene rings is 6. The molecule has 422 valence electrons. The minimum absolute atomic E-state index is 0.0723. The second-order valence-electron chi connectivity index (χ2n) is 19.6. The van der Waals surface area contributed by atoms with E-state index in [1.54, 1.807) is 146 Å². The van der Waals surface area contributed by atoms with Crippen molar-refractivity contribution < 1.29 is 70.4 Å². The molecule has 0 unspecified atom stereocenters. The van der Waals surface area contributed by atoms with E-state index in [0.29, 0.717) is 16.7 Å². The molecule has 2 aliphatic heterocycles. The van der Waals surface area contributed by atoms with E-state index in [-0.39, 0.29) is 50.5 Å². The molecule has 8 rings (SSSR count). The Labute approximate surface area is 466 Å². The Morgan fingerprint density at radius 1 is 0.456 bits per heavy atom. The molecule has 79 heavy (non-hydrogen) atoms. The van der Waals surface area contributed by atoms with E-state index in [1.807, 2.05) is 0 Å². The lowest BCUT2D eigenvalue weighted by Crippen LogP contribution is -2.32. The third-order valence-corrected chi connectivity index (χ3v) is 19.0. The van der Waals surface area contributed by atoms with Gasteiger partial charge in [0, 0.05) is 12.8 Å². The van der Waals surface area contributed by atoms with Crippen LogP contribution in [0.15, 0.2) is 182 Å². The van der Waals surface area contributed by atoms with Crippen LogP contribution in [0.25, 0.3) is 0 Å². The summed E-state index contributed by atoms with van der Waals surface area (Å²) >= 11 is 0. The van der Waals surface area contributed by atoms with Crippen molar-refractivity contribution in [1.82, 2.24) is 0 Å². The lowest BCUT2D eigenvalue weighted by Gasteiger charge is -2.27. The van der Waals surface area contributed by atoms with E-state index in [0.717, 1.165) is 0 Å². The van der Waals surface area contributed by atoms with Gasteiger partial charge in [-0.3, -0.25) is 9.13 Å². The van der Waals surface area contributed by atoms with E-state index < -0.39 is 77.1 Å². The van der Waals surface area contributed by atoms with Crippen LogP contribution in [0, 0.1) is 0 Å². The van der Waals surface area contributed by atoms with Crippen LogP contribution < -0.4 is 15.9 Å². The van der Waals surface area contributed by atoms with Crippen LogP contribution in [0.3, 0.4) is 0 Å². The van der Waals surface area contributed by atoms with Gasteiger partial charge in [0.25, 0.3) is 0 Å². The van der Waals surface area contributed by atoms with E-state index >= 15 is 0 Å². The first-order chi connectivity index (χ1) is 37.8. The van der Waals surface area contributed by atoms with Crippen LogP contribution in [0.2, 0.25) is 0 Å². The smallest absolute Gasteiger partial charge is 0.359 e. The summed E-state index contributed by atoms with van der Waals surface area (Å²) in [5.74, 6) is -3.49. The van der Waals surface area contributed by atoms with Crippen LogP contribution in [-0.4, -0.2) is 96.8 Å². The Morgan fingerprint density at radius 2 is 0.747 bits per heavy atom. The van der Waals surface area contributed by atoms with Crippen LogP contribution in [0.1, 0.15) is 99.3 Å². The van der Waals surface area contributed by atoms with Gasteiger partial charge in [-0.2, -0.15) is 0 Å². The first kappa shape index (κ1) is 62.5. The molecule has 15 nitrogen and oxygen atoms in total. The normalized spacial score (nSPS) is 19.1. The summed E-state index contributed by atoms with van der Waals surface area (Å²) in [7, 11) is -7.76. The Kier molecular flexibility index (Phi) is 24.4. The molecule has 2 fully saturated rings. The summed E-state index contributed by atoms with van der Waals surface area (Å²) in [6.07, 6.45) is -4.62. The molecule has 0 bridgehead atoms. The third-order valence-electron chi connectivity index (χ3n) is 11.6. The van der Waals surface area contributed by atoms with E-state index in [9.17, 15) is 28.6 Å². The Hall–Kier alpha value is -5.66. The van der Waals surface area contributed by atoms with Crippen molar-refractivity contribution in [1.29, 1.82) is 0 Å². The molecule has 6 atom stereocenters. The molecular formula is C61H73O15P3. The number of aliphatic hydroxyl groups is 1. The molecule has 2 heterocycles. The topological polar surface area (TPSA) is 189 Å². The number of rotatable bonds is 21. The summed E-state index contributed by atoms with van der Waals surface area (Å²) in [4.78, 5) is 37.1. The summed E-state index contributed by atoms with van der Waals surface area (Å²) in [5, 5.41) is 14.4. The lowest BCUT2D eigenvalue weighted by molar-refractivity contribution is -0.0367. The molecule has 2 saturated heterocycles. The molecule has 1 N–H and O–H groups in total. The predicted molar refractivity (Wildman–Crippen MR) is 307 cm³/mol. The van der Waals surface area contributed by atoms with Crippen molar-refractivity contribution in [3.05, 3.63) is 199 Å². The molecular weight excluding hydrogens is 1070 g/mol. The van der Waals surface area contributed by atoms with Crippen LogP contribution >= 0.6 is 23.1 Å². The monoisotopic (exact) mass is 1140 g/mol. The number of esters is 3. The summed E-state index contributed by atoms with van der Waals surface area (Å²) in [5.41, 5.74) is 1.16. The van der Waals surface area contributed by atoms with E-state index in [1.165, 1.54) is 15.9 Å². The quantitative estimate of drug-likeness (QED) is 0.0407. The summed E-state index contributed by atoms with van der Waals surface area (Å²) in [6.45, 7) is 13.7. The Balaban J connectivity index is 0.000000199. The van der Waals surface area contributed by atoms with E-state index in [4.69, 9.17) is 41.8 Å². The molecule has 0 amide bonds. The molecule has 18 heteroatoms. The average molecular weight is 1140 g/mol. The number of carbonyl (C=O) groups excluding carboxylic acids is 3. The highest BCUT2D eigenvalue weighted by atomic mass is 31.2. The fourth-order valence-electron chi connectivity index (χ4n) is 8.32. The van der Waals surface area contributed by atoms with Crippen LogP contribution in [0.5, 0.6) is 0 Å². The third kappa shape index (κ3) is 19.3. The molecule has 6 aromatic carbocycles. The van der Waals surface area contributed by atoms with Gasteiger partial charge < -0.3 is 46.9 Å². The van der Waals surface area contributed by atoms with Crippen molar-refractivity contribution in [2.75, 3.05) is 13.2 Å². The fraction of sp³-hybridized carbons (Fsp3) is 0.361. The number of ether oxygens (including phenoxy) is 5. The van der Waals surface area contributed by atoms with Crippen LogP contribution in [-0.2, 0) is 50.9 Å². The minimum atomic E-state index is -3.73. The van der Waals surface area contributed by atoms with Crippen molar-refractivity contribution >= 4 is 56.9 Å². The number of aliphatic hydroxyl groups excluding tert-OH is 1. The van der Waals surface area contributed by atoms with Gasteiger partial charge in [0.1, 0.15) is 31.5 Å². The first-order valence-electron chi connectivity index (χ1n) is 26.4. The van der Waals surface area contributed by atoms with Crippen molar-refractivity contribution in [2.24, 2.45) is 0 Å². The zero-order valence-corrected chi connectivity index (χ0v) is 48.6. The summed E-state index contributed by atoms with van der Waals surface area (Å²) in [6, 6.07) is 57.9. The van der Waals surface area contributed by atoms with Crippen molar-refractivity contribution in [3.8, 4) is 0 Å². The molecule has 0 saturated carbocycles. The highest BCUT2D eigenvalue weighted by molar-refractivity contribution is 7.79. The lowest BCUT2D eigenvalue weighted by atomic mass is 10.2. The second kappa shape index (κ2) is 30.8. The maximum atomic E-state index is 13.6. The Morgan fingerprint density at radius 3 is 1.09 bits per heavy atom. The molecule has 0 aromatic heterocycles. The number of carbonyl (C=O) groups is 3. The van der Waals surface area contributed by atoms with Crippen LogP contribution in [0.4, 0.5) is 0 Å². The molecule has 0 aliphatic carbocycles. The SMILES string of the molecule is CC(C)OP(=O)(OC(C)C)[C@H]1C[C@@H](OC(=O)c2ccccc2)[C@@H](COC(=O)c2ccccc2)O1.CC(C)OP(=O)(OC(C)C)[C@H]1C[C@H](O)[C@@H](COC(=O)c2ccccc2)O1.c1ccc(P(c2ccccc2)c2ccccc2)cc1. The highest BCUT2D eigenvalue weighted by Gasteiger charge is 2.51. The zero-order valence-electron chi connectivity index (χ0n) is 45.9. The van der Waals surface area contributed by atoms with Gasteiger partial charge in [-0.1, -0.05) is 146 Å². The largest absolute Gasteiger partial charge is 0.459 e. The molecule has 0 spiro atoms. The number of hydrogen-bond donors (Lipinski definition) is 1. The first-order valence-corrected chi connectivity index (χ1v) is 31.0. The maximum Gasteiger partial charge on any atom is 0.359 e. The minimum Gasteiger partial charge on any atom is -0.459 e. The van der Waals surface area contributed by atoms with Gasteiger partial charge in [-0.05, 0) is 116 Å². The van der Waals surface area contributed by atoms with Gasteiger partial charge >= 0.3 is 33.1 Å². The van der Waals surface area contributed by atoms with Gasteiger partial charge in [0.05, 0.1) is 47.2 Å². The zero-order chi connectivity index (χ0) is 57.0. The van der Waals surface area contributed by atoms with Crippen molar-refractivity contribution in [2.45, 2.75) is 129 Å². The molecule has 6 aromatic rings. The van der Waals surface area contributed by atoms with Gasteiger partial charge in [-0.15, -0.1) is 0 Å². The predicted octanol–water partition coefficient (Wildman–Crippen LogP) is 12.0. The highest BCUT2D eigenvalue weighted by Crippen LogP contribution is 2.60. The summed E-state index contributed by atoms with van der Waals surface area (Å²) < 4.78 is 77.1. The van der Waals surface area contributed by atoms with Crippen molar-refractivity contribution in [3.63, 3.8) is 0 Å². The molecule has 0 radical (unpaired) electrons. The van der Waals surface area contributed by atoms with E-state index in [2.05, 4.69) is 91.0 Å². The maximum absolute atomic E-state index is 13.6. The average Bonchev–Trinajstić information content (AvgIpc) is 4.07. The standard InChI is InChI=1S/C25H31O8P.C18H27O7P.C18H15P/c1-17(2)32-34(28,33-18(3)4)23-15-21(31-25(27)20-13-9-6-10-14-20)22(30-23)16-29-24(26)19-11-7-5-8-12-19;1-12(2)24-26(21,25-13(3)4)17-10-15(19)16(23-17)11-22-18(20)14-8-6-5-7-9-14;1-4-10-16(11-5-1)19(17-12-6-2-7-13-17)18-14-8-3-9-15-18/h5-14,17-18,21-23H,15-16H2,1-4H3;5-9,12-13,15-17,19H,10-11H2,1-4H3;1-15H/t21-,22-,23+;15-,16+,17-;/m10./s1. The van der Waals surface area contributed by atoms with Gasteiger partial charge in [0.15, 0.2) is 11.7 Å².